The molecule has 0 spiro atoms. The molecule has 0 radical (unpaired) electrons. The molecule has 110 valence electrons. The SMILES string of the molecule is CC1CCCN(CCNC(=O)N2CCCC(C)C2)C1. The highest BCUT2D eigenvalue weighted by atomic mass is 16.2. The molecule has 0 aromatic carbocycles. The fraction of sp³-hybridized carbons (Fsp3) is 0.933. The predicted octanol–water partition coefficient (Wildman–Crippen LogP) is 2.16. The molecule has 4 nitrogen and oxygen atoms in total. The lowest BCUT2D eigenvalue weighted by atomic mass is 10.0. The number of likely N-dealkylation sites (tertiary alicyclic amines) is 2. The zero-order valence-corrected chi connectivity index (χ0v) is 12.5. The first-order valence-electron chi connectivity index (χ1n) is 7.90. The van der Waals surface area contributed by atoms with E-state index in [0.29, 0.717) is 5.92 Å². The van der Waals surface area contributed by atoms with E-state index in [1.54, 1.807) is 0 Å². The molecular weight excluding hydrogens is 238 g/mol. The van der Waals surface area contributed by atoms with E-state index in [-0.39, 0.29) is 6.03 Å². The number of piperidine rings is 2. The van der Waals surface area contributed by atoms with Crippen molar-refractivity contribution in [1.82, 2.24) is 15.1 Å². The maximum absolute atomic E-state index is 12.0. The molecule has 2 fully saturated rings. The summed E-state index contributed by atoms with van der Waals surface area (Å²) in [6, 6.07) is 0.136. The molecule has 1 N–H and O–H groups in total. The van der Waals surface area contributed by atoms with Crippen molar-refractivity contribution in [3.05, 3.63) is 0 Å². The molecule has 2 amide bonds. The van der Waals surface area contributed by atoms with Gasteiger partial charge in [-0.25, -0.2) is 4.79 Å². The van der Waals surface area contributed by atoms with Crippen molar-refractivity contribution >= 4 is 6.03 Å². The Kier molecular flexibility index (Phi) is 5.49. The number of urea groups is 1. The third-order valence-corrected chi connectivity index (χ3v) is 4.39. The number of nitrogens with zero attached hydrogens (tertiary/aromatic N) is 2. The Labute approximate surface area is 117 Å². The number of hydrogen-bond donors (Lipinski definition) is 1. The Morgan fingerprint density at radius 3 is 2.47 bits per heavy atom. The second-order valence-corrected chi connectivity index (χ2v) is 6.47. The molecule has 4 heteroatoms. The number of hydrogen-bond acceptors (Lipinski definition) is 2. The molecule has 0 saturated carbocycles. The minimum atomic E-state index is 0.136. The molecule has 2 atom stereocenters. The van der Waals surface area contributed by atoms with Gasteiger partial charge in [-0.15, -0.1) is 0 Å². The molecule has 2 aliphatic rings. The molecule has 2 saturated heterocycles. The van der Waals surface area contributed by atoms with Crippen LogP contribution in [0.3, 0.4) is 0 Å². The van der Waals surface area contributed by atoms with Crippen LogP contribution >= 0.6 is 0 Å². The van der Waals surface area contributed by atoms with Crippen molar-refractivity contribution in [2.45, 2.75) is 39.5 Å². The van der Waals surface area contributed by atoms with Crippen LogP contribution in [0.1, 0.15) is 39.5 Å². The number of amides is 2. The lowest BCUT2D eigenvalue weighted by Gasteiger charge is -2.32. The first kappa shape index (κ1) is 14.6. The molecule has 0 aromatic heterocycles. The first-order chi connectivity index (χ1) is 9.15. The minimum absolute atomic E-state index is 0.136. The van der Waals surface area contributed by atoms with E-state index in [0.717, 1.165) is 38.5 Å². The van der Waals surface area contributed by atoms with Crippen LogP contribution in [0, 0.1) is 11.8 Å². The van der Waals surface area contributed by atoms with Gasteiger partial charge >= 0.3 is 6.03 Å². The molecule has 0 aromatic rings. The molecule has 0 bridgehead atoms. The summed E-state index contributed by atoms with van der Waals surface area (Å²) in [4.78, 5) is 16.5. The maximum Gasteiger partial charge on any atom is 0.317 e. The van der Waals surface area contributed by atoms with Crippen LogP contribution < -0.4 is 5.32 Å². The van der Waals surface area contributed by atoms with Crippen molar-refractivity contribution in [3.8, 4) is 0 Å². The topological polar surface area (TPSA) is 35.6 Å². The summed E-state index contributed by atoms with van der Waals surface area (Å²) in [7, 11) is 0. The van der Waals surface area contributed by atoms with Gasteiger partial charge in [0.15, 0.2) is 0 Å². The van der Waals surface area contributed by atoms with E-state index in [9.17, 15) is 4.79 Å². The number of carbonyl (C=O) groups is 1. The summed E-state index contributed by atoms with van der Waals surface area (Å²) < 4.78 is 0. The van der Waals surface area contributed by atoms with E-state index < -0.39 is 0 Å². The Hall–Kier alpha value is -0.770. The molecule has 2 heterocycles. The summed E-state index contributed by atoms with van der Waals surface area (Å²) in [5.41, 5.74) is 0. The van der Waals surface area contributed by atoms with E-state index >= 15 is 0 Å². The molecule has 2 unspecified atom stereocenters. The molecule has 0 aliphatic carbocycles. The van der Waals surface area contributed by atoms with Crippen molar-refractivity contribution in [2.75, 3.05) is 39.3 Å². The summed E-state index contributed by atoms with van der Waals surface area (Å²) >= 11 is 0. The molecule has 2 rings (SSSR count). The number of rotatable bonds is 3. The average Bonchev–Trinajstić information content (AvgIpc) is 2.38. The van der Waals surface area contributed by atoms with E-state index in [1.165, 1.54) is 32.4 Å². The zero-order chi connectivity index (χ0) is 13.7. The van der Waals surface area contributed by atoms with Crippen LogP contribution in [-0.4, -0.2) is 55.1 Å². The Morgan fingerprint density at radius 1 is 1.11 bits per heavy atom. The normalized spacial score (nSPS) is 29.3. The first-order valence-corrected chi connectivity index (χ1v) is 7.90. The molecular formula is C15H29N3O. The van der Waals surface area contributed by atoms with Gasteiger partial charge < -0.3 is 15.1 Å². The predicted molar refractivity (Wildman–Crippen MR) is 78.2 cm³/mol. The van der Waals surface area contributed by atoms with Crippen LogP contribution in [-0.2, 0) is 0 Å². The maximum atomic E-state index is 12.0. The monoisotopic (exact) mass is 267 g/mol. The molecule has 2 aliphatic heterocycles. The summed E-state index contributed by atoms with van der Waals surface area (Å²) in [6.45, 7) is 10.6. The fourth-order valence-corrected chi connectivity index (χ4v) is 3.30. The van der Waals surface area contributed by atoms with E-state index in [2.05, 4.69) is 24.1 Å². The summed E-state index contributed by atoms with van der Waals surface area (Å²) in [5.74, 6) is 1.47. The Morgan fingerprint density at radius 2 is 1.79 bits per heavy atom. The van der Waals surface area contributed by atoms with Crippen molar-refractivity contribution in [1.29, 1.82) is 0 Å². The smallest absolute Gasteiger partial charge is 0.317 e. The standard InChI is InChI=1S/C15H29N3O/c1-13-5-3-8-17(11-13)10-7-16-15(19)18-9-4-6-14(2)12-18/h13-14H,3-12H2,1-2H3,(H,16,19). The van der Waals surface area contributed by atoms with Gasteiger partial charge in [-0.1, -0.05) is 13.8 Å². The number of carbonyl (C=O) groups excluding carboxylic acids is 1. The van der Waals surface area contributed by atoms with E-state index in [4.69, 9.17) is 0 Å². The van der Waals surface area contributed by atoms with Gasteiger partial charge in [-0.2, -0.15) is 0 Å². The van der Waals surface area contributed by atoms with Crippen LogP contribution in [0.4, 0.5) is 4.79 Å². The minimum Gasteiger partial charge on any atom is -0.337 e. The zero-order valence-electron chi connectivity index (χ0n) is 12.5. The second-order valence-electron chi connectivity index (χ2n) is 6.47. The van der Waals surface area contributed by atoms with E-state index in [1.807, 2.05) is 4.90 Å². The highest BCUT2D eigenvalue weighted by Crippen LogP contribution is 2.16. The molecule has 19 heavy (non-hydrogen) atoms. The Balaban J connectivity index is 1.63. The largest absolute Gasteiger partial charge is 0.337 e. The van der Waals surface area contributed by atoms with Crippen molar-refractivity contribution in [3.63, 3.8) is 0 Å². The fourth-order valence-electron chi connectivity index (χ4n) is 3.30. The second kappa shape index (κ2) is 7.13. The average molecular weight is 267 g/mol. The summed E-state index contributed by atoms with van der Waals surface area (Å²) in [5, 5.41) is 3.08. The quantitative estimate of drug-likeness (QED) is 0.850. The lowest BCUT2D eigenvalue weighted by molar-refractivity contribution is 0.161. The van der Waals surface area contributed by atoms with Gasteiger partial charge in [0.2, 0.25) is 0 Å². The number of nitrogens with one attached hydrogen (secondary N) is 1. The van der Waals surface area contributed by atoms with Crippen molar-refractivity contribution in [2.24, 2.45) is 11.8 Å². The summed E-state index contributed by atoms with van der Waals surface area (Å²) in [6.07, 6.45) is 5.07. The van der Waals surface area contributed by atoms with Gasteiger partial charge in [0, 0.05) is 32.7 Å². The highest BCUT2D eigenvalue weighted by Gasteiger charge is 2.21. The Bertz CT molecular complexity index is 295. The third kappa shape index (κ3) is 4.68. The lowest BCUT2D eigenvalue weighted by Crippen LogP contribution is -2.47. The van der Waals surface area contributed by atoms with Crippen LogP contribution in [0.15, 0.2) is 0 Å². The van der Waals surface area contributed by atoms with Crippen LogP contribution in [0.25, 0.3) is 0 Å². The van der Waals surface area contributed by atoms with Gasteiger partial charge in [0.1, 0.15) is 0 Å². The van der Waals surface area contributed by atoms with Gasteiger partial charge in [-0.3, -0.25) is 0 Å². The highest BCUT2D eigenvalue weighted by molar-refractivity contribution is 5.74. The van der Waals surface area contributed by atoms with Gasteiger partial charge in [-0.05, 0) is 44.1 Å². The third-order valence-electron chi connectivity index (χ3n) is 4.39. The van der Waals surface area contributed by atoms with Crippen LogP contribution in [0.2, 0.25) is 0 Å². The van der Waals surface area contributed by atoms with Gasteiger partial charge in [0.05, 0.1) is 0 Å². The van der Waals surface area contributed by atoms with Crippen LogP contribution in [0.5, 0.6) is 0 Å². The van der Waals surface area contributed by atoms with Crippen molar-refractivity contribution < 1.29 is 4.79 Å². The van der Waals surface area contributed by atoms with Gasteiger partial charge in [0.25, 0.3) is 0 Å².